The molecule has 1 aromatic carbocycles. The Labute approximate surface area is 110 Å². The summed E-state index contributed by atoms with van der Waals surface area (Å²) in [7, 11) is 0. The van der Waals surface area contributed by atoms with E-state index in [-0.39, 0.29) is 5.91 Å². The molecule has 1 aliphatic rings. The Balaban J connectivity index is 2.06. The van der Waals surface area contributed by atoms with Crippen LogP contribution in [0.1, 0.15) is 30.1 Å². The number of hydrogen-bond donors (Lipinski definition) is 1. The first kappa shape index (κ1) is 12.4. The highest BCUT2D eigenvalue weighted by atomic mass is 35.5. The molecule has 0 aromatic heterocycles. The van der Waals surface area contributed by atoms with E-state index in [2.05, 4.69) is 10.5 Å². The van der Waals surface area contributed by atoms with Gasteiger partial charge in [-0.15, -0.1) is 0 Å². The van der Waals surface area contributed by atoms with Gasteiger partial charge in [0.15, 0.2) is 0 Å². The van der Waals surface area contributed by atoms with E-state index in [4.69, 9.17) is 23.2 Å². The molecule has 17 heavy (non-hydrogen) atoms. The maximum atomic E-state index is 11.8. The van der Waals surface area contributed by atoms with Crippen LogP contribution in [0, 0.1) is 5.92 Å². The molecule has 1 amide bonds. The normalized spacial score (nSPS) is 15.8. The number of amides is 1. The van der Waals surface area contributed by atoms with Crippen molar-refractivity contribution >= 4 is 34.8 Å². The molecule has 1 saturated carbocycles. The molecule has 1 aromatic rings. The number of hydrogen-bond acceptors (Lipinski definition) is 2. The second-order valence-corrected chi connectivity index (χ2v) is 4.94. The summed E-state index contributed by atoms with van der Waals surface area (Å²) in [6.07, 6.45) is 2.32. The molecule has 0 atom stereocenters. The monoisotopic (exact) mass is 270 g/mol. The van der Waals surface area contributed by atoms with Crippen LogP contribution < -0.4 is 5.43 Å². The van der Waals surface area contributed by atoms with E-state index in [9.17, 15) is 4.79 Å². The molecule has 2 rings (SSSR count). The third kappa shape index (κ3) is 3.20. The first-order valence-electron chi connectivity index (χ1n) is 5.37. The lowest BCUT2D eigenvalue weighted by Crippen LogP contribution is -2.19. The Morgan fingerprint density at radius 1 is 1.41 bits per heavy atom. The number of nitrogens with one attached hydrogen (secondary N) is 1. The van der Waals surface area contributed by atoms with Gasteiger partial charge in [-0.1, -0.05) is 23.2 Å². The van der Waals surface area contributed by atoms with Crippen molar-refractivity contribution < 1.29 is 4.79 Å². The molecular formula is C12H12Cl2N2O. The summed E-state index contributed by atoms with van der Waals surface area (Å²) in [5.74, 6) is 0.225. The van der Waals surface area contributed by atoms with Gasteiger partial charge in [0.25, 0.3) is 5.91 Å². The fraction of sp³-hybridized carbons (Fsp3) is 0.333. The molecule has 0 spiro atoms. The fourth-order valence-electron chi connectivity index (χ4n) is 1.47. The molecule has 1 fully saturated rings. The Morgan fingerprint density at radius 3 is 2.71 bits per heavy atom. The van der Waals surface area contributed by atoms with Gasteiger partial charge in [-0.05, 0) is 43.9 Å². The fourth-order valence-corrected chi connectivity index (χ4v) is 1.96. The van der Waals surface area contributed by atoms with Gasteiger partial charge in [-0.25, -0.2) is 5.43 Å². The number of nitrogens with zero attached hydrogens (tertiary/aromatic N) is 1. The Bertz CT molecular complexity index is 481. The summed E-state index contributed by atoms with van der Waals surface area (Å²) >= 11 is 11.7. The minimum Gasteiger partial charge on any atom is -0.267 e. The highest BCUT2D eigenvalue weighted by molar-refractivity contribution is 6.36. The molecule has 3 nitrogen and oxygen atoms in total. The van der Waals surface area contributed by atoms with Crippen LogP contribution in [-0.4, -0.2) is 11.6 Å². The summed E-state index contributed by atoms with van der Waals surface area (Å²) in [5, 5.41) is 4.88. The van der Waals surface area contributed by atoms with Gasteiger partial charge in [0.2, 0.25) is 0 Å². The SMILES string of the molecule is C/C(=N\NC(=O)c1ccc(Cl)cc1Cl)C1CC1. The molecule has 0 saturated heterocycles. The zero-order chi connectivity index (χ0) is 12.4. The van der Waals surface area contributed by atoms with Crippen molar-refractivity contribution in [3.63, 3.8) is 0 Å². The Hall–Kier alpha value is -1.06. The van der Waals surface area contributed by atoms with E-state index < -0.39 is 0 Å². The average molecular weight is 271 g/mol. The van der Waals surface area contributed by atoms with E-state index in [1.54, 1.807) is 12.1 Å². The number of halogens is 2. The number of hydrazone groups is 1. The standard InChI is InChI=1S/C12H12Cl2N2O/c1-7(8-2-3-8)15-16-12(17)10-5-4-9(13)6-11(10)14/h4-6,8H,2-3H2,1H3,(H,16,17)/b15-7+. The Morgan fingerprint density at radius 2 is 2.12 bits per heavy atom. The molecule has 0 bridgehead atoms. The van der Waals surface area contributed by atoms with Crippen LogP contribution in [0.5, 0.6) is 0 Å². The van der Waals surface area contributed by atoms with Gasteiger partial charge in [0, 0.05) is 10.7 Å². The third-order valence-electron chi connectivity index (χ3n) is 2.68. The minimum atomic E-state index is -0.313. The van der Waals surface area contributed by atoms with E-state index in [1.165, 1.54) is 6.07 Å². The van der Waals surface area contributed by atoms with Crippen molar-refractivity contribution in [2.24, 2.45) is 11.0 Å². The first-order chi connectivity index (χ1) is 8.08. The average Bonchev–Trinajstić information content (AvgIpc) is 3.09. The maximum Gasteiger partial charge on any atom is 0.272 e. The zero-order valence-corrected chi connectivity index (χ0v) is 10.8. The molecule has 0 heterocycles. The first-order valence-corrected chi connectivity index (χ1v) is 6.13. The number of rotatable bonds is 3. The minimum absolute atomic E-state index is 0.313. The van der Waals surface area contributed by atoms with Crippen molar-refractivity contribution in [3.05, 3.63) is 33.8 Å². The number of benzene rings is 1. The van der Waals surface area contributed by atoms with Gasteiger partial charge in [0.05, 0.1) is 10.6 Å². The van der Waals surface area contributed by atoms with E-state index in [1.807, 2.05) is 6.92 Å². The lowest BCUT2D eigenvalue weighted by Gasteiger charge is -2.04. The Kier molecular flexibility index (Phi) is 3.69. The van der Waals surface area contributed by atoms with Crippen LogP contribution >= 0.6 is 23.2 Å². The summed E-state index contributed by atoms with van der Waals surface area (Å²) in [6, 6.07) is 4.75. The maximum absolute atomic E-state index is 11.8. The van der Waals surface area contributed by atoms with Crippen LogP contribution in [0.25, 0.3) is 0 Å². The quantitative estimate of drug-likeness (QED) is 0.663. The van der Waals surface area contributed by atoms with Gasteiger partial charge in [-0.3, -0.25) is 4.79 Å². The molecular weight excluding hydrogens is 259 g/mol. The highest BCUT2D eigenvalue weighted by Gasteiger charge is 2.24. The molecule has 90 valence electrons. The van der Waals surface area contributed by atoms with Gasteiger partial charge >= 0.3 is 0 Å². The second-order valence-electron chi connectivity index (χ2n) is 4.09. The molecule has 0 unspecified atom stereocenters. The van der Waals surface area contributed by atoms with Crippen molar-refractivity contribution in [2.75, 3.05) is 0 Å². The van der Waals surface area contributed by atoms with E-state index in [0.717, 1.165) is 18.6 Å². The number of carbonyl (C=O) groups excluding carboxylic acids is 1. The topological polar surface area (TPSA) is 41.5 Å². The van der Waals surface area contributed by atoms with Gasteiger partial charge in [-0.2, -0.15) is 5.10 Å². The van der Waals surface area contributed by atoms with Gasteiger partial charge in [0.1, 0.15) is 0 Å². The van der Waals surface area contributed by atoms with E-state index >= 15 is 0 Å². The van der Waals surface area contributed by atoms with Crippen molar-refractivity contribution in [1.82, 2.24) is 5.43 Å². The van der Waals surface area contributed by atoms with Crippen molar-refractivity contribution in [3.8, 4) is 0 Å². The van der Waals surface area contributed by atoms with Crippen LogP contribution in [0.2, 0.25) is 10.0 Å². The van der Waals surface area contributed by atoms with Crippen molar-refractivity contribution in [2.45, 2.75) is 19.8 Å². The predicted molar refractivity (Wildman–Crippen MR) is 69.8 cm³/mol. The van der Waals surface area contributed by atoms with E-state index in [0.29, 0.717) is 21.5 Å². The third-order valence-corrected chi connectivity index (χ3v) is 3.23. The molecule has 1 aliphatic carbocycles. The largest absolute Gasteiger partial charge is 0.272 e. The van der Waals surface area contributed by atoms with Crippen LogP contribution in [-0.2, 0) is 0 Å². The summed E-state index contributed by atoms with van der Waals surface area (Å²) in [6.45, 7) is 1.92. The molecule has 0 aliphatic heterocycles. The van der Waals surface area contributed by atoms with Gasteiger partial charge < -0.3 is 0 Å². The lowest BCUT2D eigenvalue weighted by atomic mass is 10.2. The number of carbonyl (C=O) groups is 1. The summed E-state index contributed by atoms with van der Waals surface area (Å²) in [5.41, 5.74) is 3.84. The van der Waals surface area contributed by atoms with Crippen LogP contribution in [0.4, 0.5) is 0 Å². The molecule has 5 heteroatoms. The lowest BCUT2D eigenvalue weighted by molar-refractivity contribution is 0.0955. The predicted octanol–water partition coefficient (Wildman–Crippen LogP) is 3.51. The highest BCUT2D eigenvalue weighted by Crippen LogP contribution is 2.30. The van der Waals surface area contributed by atoms with Crippen molar-refractivity contribution in [1.29, 1.82) is 0 Å². The molecule has 1 N–H and O–H groups in total. The summed E-state index contributed by atoms with van der Waals surface area (Å²) < 4.78 is 0. The summed E-state index contributed by atoms with van der Waals surface area (Å²) in [4.78, 5) is 11.8. The second kappa shape index (κ2) is 5.07. The van der Waals surface area contributed by atoms with Crippen LogP contribution in [0.15, 0.2) is 23.3 Å². The molecule has 0 radical (unpaired) electrons. The zero-order valence-electron chi connectivity index (χ0n) is 9.34. The van der Waals surface area contributed by atoms with Crippen LogP contribution in [0.3, 0.4) is 0 Å². The smallest absolute Gasteiger partial charge is 0.267 e.